The standard InChI is InChI=1S/CH2O3.Co.H2NO3.4H2N/c2-1(3)4;;2-1(3)4;;;;/h(H2,2,3,4);;(H2,2,3,4);4*1H2/q;+3;+1;4*-1/p-2. The second-order valence-electron chi connectivity index (χ2n) is 0.503. The molecule has 0 bridgehead atoms. The predicted molar refractivity (Wildman–Crippen MR) is 33.7 cm³/mol. The molecule has 0 heterocycles. The zero-order valence-electron chi connectivity index (χ0n) is 6.12. The van der Waals surface area contributed by atoms with E-state index >= 15 is 0 Å². The van der Waals surface area contributed by atoms with Crippen molar-refractivity contribution >= 4 is 6.16 Å². The predicted octanol–water partition coefficient (Wildman–Crippen LogP) is -0.0374. The number of nitrogens with zero attached hydrogens (tertiary/aromatic N) is 1. The van der Waals surface area contributed by atoms with Gasteiger partial charge >= 0.3 is 21.9 Å². The fourth-order valence-corrected chi connectivity index (χ4v) is 0. The van der Waals surface area contributed by atoms with E-state index < -0.39 is 11.2 Å². The van der Waals surface area contributed by atoms with E-state index in [0.29, 0.717) is 0 Å². The Labute approximate surface area is 83.8 Å². The van der Waals surface area contributed by atoms with Gasteiger partial charge in [0.1, 0.15) is 4.91 Å². The van der Waals surface area contributed by atoms with Gasteiger partial charge in [-0.15, -0.1) is 0 Å². The van der Waals surface area contributed by atoms with Crippen molar-refractivity contribution in [3.8, 4) is 0 Å². The van der Waals surface area contributed by atoms with E-state index in [-0.39, 0.29) is 41.4 Å². The molecule has 0 atom stereocenters. The third-order valence-electron chi connectivity index (χ3n) is 0. The molecule has 0 fully saturated rings. The summed E-state index contributed by atoms with van der Waals surface area (Å²) in [6, 6.07) is 0. The Balaban J connectivity index is -0.00000000800. The maximum absolute atomic E-state index is 8.47. The second kappa shape index (κ2) is 44.9. The molecular weight excluding hydrogens is 237 g/mol. The number of nitrogens with two attached hydrogens (primary N) is 4. The van der Waals surface area contributed by atoms with Crippen molar-refractivity contribution < 1.29 is 47.3 Å². The van der Waals surface area contributed by atoms with Crippen LogP contribution in [-0.4, -0.2) is 21.7 Å². The van der Waals surface area contributed by atoms with Crippen LogP contribution < -0.4 is 10.2 Å². The molecule has 0 radical (unpaired) electrons. The molecule has 86 valence electrons. The van der Waals surface area contributed by atoms with Crippen molar-refractivity contribution in [2.24, 2.45) is 0 Å². The summed E-state index contributed by atoms with van der Waals surface area (Å²) in [5, 5.41) is 29.2. The van der Waals surface area contributed by atoms with Crippen LogP contribution in [0.2, 0.25) is 0 Å². The zero-order chi connectivity index (χ0) is 7.15. The van der Waals surface area contributed by atoms with Gasteiger partial charge in [-0.1, -0.05) is 0 Å². The molecule has 0 saturated carbocycles. The summed E-state index contributed by atoms with van der Waals surface area (Å²) in [5.41, 5.74) is 0. The number of carbonyl (C=O) groups is 1. The minimum absolute atomic E-state index is 0. The minimum atomic E-state index is -2.33. The molecule has 11 nitrogen and oxygen atoms in total. The van der Waals surface area contributed by atoms with Crippen LogP contribution in [0.4, 0.5) is 4.79 Å². The Morgan fingerprint density at radius 1 is 1.00 bits per heavy atom. The SMILES string of the molecule is O=C([O-])[O-].O=[N+](O)O.[Co+3].[NH2-].[NH2-].[NH2-].[NH2-]. The molecule has 0 aliphatic rings. The van der Waals surface area contributed by atoms with E-state index in [4.69, 9.17) is 30.3 Å². The number of carboxylic acid groups (broad SMARTS) is 2. The number of hydrogen-bond donors (Lipinski definition) is 2. The second-order valence-corrected chi connectivity index (χ2v) is 0.503. The minimum Gasteiger partial charge on any atom is -0.693 e. The molecule has 0 saturated heterocycles. The van der Waals surface area contributed by atoms with Crippen LogP contribution in [0.25, 0.3) is 24.6 Å². The number of rotatable bonds is 0. The van der Waals surface area contributed by atoms with Gasteiger partial charge in [-0.05, 0) is 6.16 Å². The van der Waals surface area contributed by atoms with Gasteiger partial charge in [0.2, 0.25) is 0 Å². The normalized spacial score (nSPS) is 3.69. The maximum atomic E-state index is 8.47. The van der Waals surface area contributed by atoms with Crippen LogP contribution in [-0.2, 0) is 16.8 Å². The molecule has 0 aromatic heterocycles. The van der Waals surface area contributed by atoms with Crippen molar-refractivity contribution in [3.63, 3.8) is 0 Å². The first-order chi connectivity index (χ1) is 3.46. The van der Waals surface area contributed by atoms with E-state index in [2.05, 4.69) is 0 Å². The molecule has 0 aromatic carbocycles. The van der Waals surface area contributed by atoms with Gasteiger partial charge in [-0.3, -0.25) is 0 Å². The van der Waals surface area contributed by atoms with Crippen molar-refractivity contribution in [2.45, 2.75) is 0 Å². The van der Waals surface area contributed by atoms with E-state index in [1.165, 1.54) is 0 Å². The Morgan fingerprint density at radius 2 is 1.00 bits per heavy atom. The van der Waals surface area contributed by atoms with Crippen LogP contribution in [0.3, 0.4) is 0 Å². The van der Waals surface area contributed by atoms with E-state index in [1.807, 2.05) is 0 Å². The Morgan fingerprint density at radius 3 is 1.00 bits per heavy atom. The molecule has 13 heavy (non-hydrogen) atoms. The van der Waals surface area contributed by atoms with Gasteiger partial charge in [0, 0.05) is 0 Å². The van der Waals surface area contributed by atoms with E-state index in [1.54, 1.807) is 0 Å². The largest absolute Gasteiger partial charge is 3.00 e. The van der Waals surface area contributed by atoms with Crippen molar-refractivity contribution in [1.82, 2.24) is 0 Å². The van der Waals surface area contributed by atoms with Gasteiger partial charge in [0.05, 0.1) is 0 Å². The average Bonchev–Trinajstić information content (AvgIpc) is 1.25. The van der Waals surface area contributed by atoms with E-state index in [0.717, 1.165) is 0 Å². The summed E-state index contributed by atoms with van der Waals surface area (Å²) in [6.45, 7) is 0. The molecular formula is CH10CoN5O6-2. The van der Waals surface area contributed by atoms with E-state index in [9.17, 15) is 0 Å². The van der Waals surface area contributed by atoms with Crippen LogP contribution >= 0.6 is 0 Å². The monoisotopic (exact) mass is 247 g/mol. The summed E-state index contributed by atoms with van der Waals surface area (Å²) < 4.78 is 0. The Bertz CT molecular complexity index is 79.0. The summed E-state index contributed by atoms with van der Waals surface area (Å²) in [4.78, 5) is 16.8. The summed E-state index contributed by atoms with van der Waals surface area (Å²) >= 11 is 0. The quantitative estimate of drug-likeness (QED) is 0.553. The van der Waals surface area contributed by atoms with Crippen LogP contribution in [0.5, 0.6) is 0 Å². The third kappa shape index (κ3) is 600. The first-order valence-electron chi connectivity index (χ1n) is 1.19. The molecule has 0 aliphatic carbocycles. The van der Waals surface area contributed by atoms with Gasteiger partial charge < -0.3 is 39.6 Å². The maximum Gasteiger partial charge on any atom is 3.00 e. The molecule has 0 aromatic rings. The molecule has 0 spiro atoms. The Hall–Kier alpha value is -1.18. The fourth-order valence-electron chi connectivity index (χ4n) is 0. The number of carbonyl (C=O) groups excluding carboxylic acids is 1. The van der Waals surface area contributed by atoms with Crippen LogP contribution in [0.1, 0.15) is 0 Å². The van der Waals surface area contributed by atoms with Gasteiger partial charge in [0.25, 0.3) is 0 Å². The average molecular weight is 247 g/mol. The van der Waals surface area contributed by atoms with Crippen LogP contribution in [0, 0.1) is 4.91 Å². The molecule has 0 rings (SSSR count). The fraction of sp³-hybridized carbons (Fsp3) is 0. The summed E-state index contributed by atoms with van der Waals surface area (Å²) in [5.74, 6) is 0. The van der Waals surface area contributed by atoms with Crippen molar-refractivity contribution in [3.05, 3.63) is 29.5 Å². The zero-order valence-corrected chi connectivity index (χ0v) is 7.16. The summed E-state index contributed by atoms with van der Waals surface area (Å²) in [7, 11) is 0. The molecule has 10 N–H and O–H groups in total. The first kappa shape index (κ1) is 59.6. The molecule has 12 heteroatoms. The first-order valence-corrected chi connectivity index (χ1v) is 1.19. The van der Waals surface area contributed by atoms with Gasteiger partial charge in [-0.25, -0.2) is 10.4 Å². The van der Waals surface area contributed by atoms with Crippen molar-refractivity contribution in [1.29, 1.82) is 0 Å². The van der Waals surface area contributed by atoms with Gasteiger partial charge in [-0.2, -0.15) is 0 Å². The summed E-state index contributed by atoms with van der Waals surface area (Å²) in [6.07, 6.45) is -2.33. The Kier molecular flexibility index (Phi) is 206. The molecule has 0 unspecified atom stereocenters. The number of hydrogen-bond acceptors (Lipinski definition) is 4. The molecule has 0 aliphatic heterocycles. The van der Waals surface area contributed by atoms with Crippen molar-refractivity contribution in [2.75, 3.05) is 0 Å². The molecule has 0 amide bonds. The topological polar surface area (TPSA) is 258 Å². The van der Waals surface area contributed by atoms with Gasteiger partial charge in [0.15, 0.2) is 0 Å². The third-order valence-corrected chi connectivity index (χ3v) is 0. The smallest absolute Gasteiger partial charge is 0.693 e. The van der Waals surface area contributed by atoms with Crippen LogP contribution in [0.15, 0.2) is 0 Å².